The van der Waals surface area contributed by atoms with E-state index in [1.165, 1.54) is 6.33 Å². The Kier molecular flexibility index (Phi) is 4.37. The first kappa shape index (κ1) is 16.2. The zero-order chi connectivity index (χ0) is 17.3. The van der Waals surface area contributed by atoms with Crippen LogP contribution in [0.5, 0.6) is 0 Å². The number of hydrogen-bond donors (Lipinski definition) is 1. The van der Waals surface area contributed by atoms with E-state index in [9.17, 15) is 4.79 Å². The van der Waals surface area contributed by atoms with Gasteiger partial charge in [-0.05, 0) is 13.8 Å². The number of carbonyl (C=O) groups excluding carboxylic acids is 1. The van der Waals surface area contributed by atoms with Crippen molar-refractivity contribution >= 4 is 17.5 Å². The third-order valence-electron chi connectivity index (χ3n) is 4.32. The molecule has 0 spiro atoms. The summed E-state index contributed by atoms with van der Waals surface area (Å²) in [6.45, 7) is 5.90. The summed E-state index contributed by atoms with van der Waals surface area (Å²) in [7, 11) is 3.74. The molecular formula is C16H23N7O. The Morgan fingerprint density at radius 1 is 1.25 bits per heavy atom. The number of piperazine rings is 1. The molecule has 8 nitrogen and oxygen atoms in total. The first-order valence-corrected chi connectivity index (χ1v) is 8.01. The lowest BCUT2D eigenvalue weighted by atomic mass is 10.1. The highest BCUT2D eigenvalue weighted by Gasteiger charge is 2.22. The number of nitrogens with one attached hydrogen (secondary N) is 1. The standard InChI is InChI=1S/C16H23N7O/c1-11(13-8-22(4)20-12(13)2)19-14-7-15(18-10-17-14)23-6-5-21(3)16(24)9-23/h7-8,10-11H,5-6,9H2,1-4H3,(H,17,18,19)/t11-/m0/s1. The molecule has 0 aromatic carbocycles. The topological polar surface area (TPSA) is 79.2 Å². The zero-order valence-corrected chi connectivity index (χ0v) is 14.5. The Bertz CT molecular complexity index is 742. The van der Waals surface area contributed by atoms with Crippen LogP contribution in [0.15, 0.2) is 18.6 Å². The van der Waals surface area contributed by atoms with E-state index in [2.05, 4.69) is 27.3 Å². The van der Waals surface area contributed by atoms with Crippen LogP contribution in [0.1, 0.15) is 24.2 Å². The van der Waals surface area contributed by atoms with Crippen molar-refractivity contribution in [2.45, 2.75) is 19.9 Å². The Hall–Kier alpha value is -2.64. The van der Waals surface area contributed by atoms with E-state index in [0.29, 0.717) is 13.1 Å². The van der Waals surface area contributed by atoms with Crippen molar-refractivity contribution in [2.24, 2.45) is 7.05 Å². The predicted octanol–water partition coefficient (Wildman–Crippen LogP) is 0.970. The van der Waals surface area contributed by atoms with Gasteiger partial charge < -0.3 is 15.1 Å². The minimum Gasteiger partial charge on any atom is -0.363 e. The number of anilines is 2. The van der Waals surface area contributed by atoms with Crippen molar-refractivity contribution in [3.63, 3.8) is 0 Å². The third kappa shape index (κ3) is 3.32. The first-order chi connectivity index (χ1) is 11.4. The van der Waals surface area contributed by atoms with Crippen LogP contribution in [0, 0.1) is 6.92 Å². The van der Waals surface area contributed by atoms with E-state index in [4.69, 9.17) is 0 Å². The second-order valence-corrected chi connectivity index (χ2v) is 6.21. The van der Waals surface area contributed by atoms with Gasteiger partial charge >= 0.3 is 0 Å². The van der Waals surface area contributed by atoms with E-state index in [-0.39, 0.29) is 11.9 Å². The number of amides is 1. The van der Waals surface area contributed by atoms with Crippen LogP contribution >= 0.6 is 0 Å². The highest BCUT2D eigenvalue weighted by atomic mass is 16.2. The lowest BCUT2D eigenvalue weighted by Gasteiger charge is -2.32. The molecule has 0 aliphatic carbocycles. The van der Waals surface area contributed by atoms with Gasteiger partial charge in [0.1, 0.15) is 18.0 Å². The Labute approximate surface area is 141 Å². The third-order valence-corrected chi connectivity index (χ3v) is 4.32. The summed E-state index contributed by atoms with van der Waals surface area (Å²) < 4.78 is 1.81. The number of aryl methyl sites for hydroxylation is 2. The van der Waals surface area contributed by atoms with Gasteiger partial charge in [0.2, 0.25) is 5.91 Å². The Balaban J connectivity index is 1.73. The fraction of sp³-hybridized carbons (Fsp3) is 0.500. The number of nitrogens with zero attached hydrogens (tertiary/aromatic N) is 6. The zero-order valence-electron chi connectivity index (χ0n) is 14.5. The minimum absolute atomic E-state index is 0.0792. The summed E-state index contributed by atoms with van der Waals surface area (Å²) in [5, 5.41) is 7.76. The van der Waals surface area contributed by atoms with Gasteiger partial charge in [-0.25, -0.2) is 9.97 Å². The van der Waals surface area contributed by atoms with Crippen LogP contribution in [-0.4, -0.2) is 57.2 Å². The molecule has 0 radical (unpaired) electrons. The van der Waals surface area contributed by atoms with Gasteiger partial charge in [0.25, 0.3) is 0 Å². The molecule has 1 aliphatic heterocycles. The second-order valence-electron chi connectivity index (χ2n) is 6.21. The normalized spacial score (nSPS) is 16.4. The van der Waals surface area contributed by atoms with E-state index in [0.717, 1.165) is 29.4 Å². The van der Waals surface area contributed by atoms with Crippen LogP contribution < -0.4 is 10.2 Å². The second kappa shape index (κ2) is 6.46. The maximum Gasteiger partial charge on any atom is 0.241 e. The Morgan fingerprint density at radius 2 is 2.04 bits per heavy atom. The van der Waals surface area contributed by atoms with Crippen molar-refractivity contribution in [2.75, 3.05) is 36.9 Å². The maximum atomic E-state index is 11.9. The highest BCUT2D eigenvalue weighted by Crippen LogP contribution is 2.22. The van der Waals surface area contributed by atoms with Crippen molar-refractivity contribution in [3.05, 3.63) is 29.8 Å². The summed E-state index contributed by atoms with van der Waals surface area (Å²) in [4.78, 5) is 24.2. The van der Waals surface area contributed by atoms with E-state index < -0.39 is 0 Å². The average molecular weight is 329 g/mol. The molecule has 0 bridgehead atoms. The SMILES string of the molecule is Cc1nn(C)cc1[C@H](C)Nc1cc(N2CCN(C)C(=O)C2)ncn1. The monoisotopic (exact) mass is 329 g/mol. The lowest BCUT2D eigenvalue weighted by molar-refractivity contribution is -0.129. The number of rotatable bonds is 4. The van der Waals surface area contributed by atoms with Crippen molar-refractivity contribution in [1.82, 2.24) is 24.6 Å². The summed E-state index contributed by atoms with van der Waals surface area (Å²) in [6.07, 6.45) is 3.54. The average Bonchev–Trinajstić information content (AvgIpc) is 2.89. The predicted molar refractivity (Wildman–Crippen MR) is 91.9 cm³/mol. The van der Waals surface area contributed by atoms with Crippen molar-refractivity contribution < 1.29 is 4.79 Å². The van der Waals surface area contributed by atoms with Gasteiger partial charge in [0.05, 0.1) is 18.3 Å². The molecular weight excluding hydrogens is 306 g/mol. The number of carbonyl (C=O) groups is 1. The summed E-state index contributed by atoms with van der Waals surface area (Å²) >= 11 is 0. The van der Waals surface area contributed by atoms with Gasteiger partial charge in [0, 0.05) is 45.0 Å². The molecule has 24 heavy (non-hydrogen) atoms. The number of hydrogen-bond acceptors (Lipinski definition) is 6. The minimum atomic E-state index is 0.0792. The molecule has 2 aromatic rings. The fourth-order valence-corrected chi connectivity index (χ4v) is 2.90. The lowest BCUT2D eigenvalue weighted by Crippen LogP contribution is -2.48. The van der Waals surface area contributed by atoms with Crippen LogP contribution in [-0.2, 0) is 11.8 Å². The first-order valence-electron chi connectivity index (χ1n) is 8.01. The molecule has 1 atom stereocenters. The van der Waals surface area contributed by atoms with Gasteiger partial charge in [-0.2, -0.15) is 5.10 Å². The summed E-state index contributed by atoms with van der Waals surface area (Å²) in [5.74, 6) is 1.61. The molecule has 0 unspecified atom stereocenters. The van der Waals surface area contributed by atoms with Gasteiger partial charge in [-0.1, -0.05) is 0 Å². The molecule has 2 aromatic heterocycles. The molecule has 1 saturated heterocycles. The van der Waals surface area contributed by atoms with E-state index >= 15 is 0 Å². The van der Waals surface area contributed by atoms with Gasteiger partial charge in [-0.3, -0.25) is 9.48 Å². The van der Waals surface area contributed by atoms with Crippen LogP contribution in [0.2, 0.25) is 0 Å². The number of likely N-dealkylation sites (N-methyl/N-ethyl adjacent to an activating group) is 1. The largest absolute Gasteiger partial charge is 0.363 e. The molecule has 8 heteroatoms. The fourth-order valence-electron chi connectivity index (χ4n) is 2.90. The smallest absolute Gasteiger partial charge is 0.241 e. The highest BCUT2D eigenvalue weighted by molar-refractivity contribution is 5.82. The van der Waals surface area contributed by atoms with E-state index in [1.807, 2.05) is 42.9 Å². The maximum absolute atomic E-state index is 11.9. The van der Waals surface area contributed by atoms with Gasteiger partial charge in [0.15, 0.2) is 0 Å². The molecule has 128 valence electrons. The van der Waals surface area contributed by atoms with Gasteiger partial charge in [-0.15, -0.1) is 0 Å². The Morgan fingerprint density at radius 3 is 2.71 bits per heavy atom. The van der Waals surface area contributed by atoms with E-state index in [1.54, 1.807) is 4.90 Å². The van der Waals surface area contributed by atoms with Crippen molar-refractivity contribution in [3.8, 4) is 0 Å². The molecule has 1 fully saturated rings. The van der Waals surface area contributed by atoms with Crippen LogP contribution in [0.4, 0.5) is 11.6 Å². The molecule has 1 N–H and O–H groups in total. The summed E-state index contributed by atoms with van der Waals surface area (Å²) in [5.41, 5.74) is 2.13. The quantitative estimate of drug-likeness (QED) is 0.900. The van der Waals surface area contributed by atoms with Crippen molar-refractivity contribution in [1.29, 1.82) is 0 Å². The molecule has 1 amide bonds. The van der Waals surface area contributed by atoms with Crippen LogP contribution in [0.25, 0.3) is 0 Å². The molecule has 3 rings (SSSR count). The molecule has 1 aliphatic rings. The molecule has 0 saturated carbocycles. The molecule has 3 heterocycles. The van der Waals surface area contributed by atoms with Crippen LogP contribution in [0.3, 0.4) is 0 Å². The number of aromatic nitrogens is 4. The summed E-state index contributed by atoms with van der Waals surface area (Å²) in [6, 6.07) is 1.97.